The van der Waals surface area contributed by atoms with Gasteiger partial charge in [-0.1, -0.05) is 38.0 Å². The number of amides is 1. The van der Waals surface area contributed by atoms with E-state index < -0.39 is 0 Å². The highest BCUT2D eigenvalue weighted by Crippen LogP contribution is 2.09. The third-order valence-electron chi connectivity index (χ3n) is 2.54. The van der Waals surface area contributed by atoms with Crippen LogP contribution in [-0.2, 0) is 11.3 Å². The zero-order valence-electron chi connectivity index (χ0n) is 9.83. The van der Waals surface area contributed by atoms with Crippen LogP contribution >= 0.6 is 0 Å². The maximum atomic E-state index is 11.5. The highest BCUT2D eigenvalue weighted by Gasteiger charge is 2.02. The molecule has 0 saturated carbocycles. The van der Waals surface area contributed by atoms with Crippen molar-refractivity contribution in [3.8, 4) is 0 Å². The molecule has 3 N–H and O–H groups in total. The second-order valence-corrected chi connectivity index (χ2v) is 3.93. The van der Waals surface area contributed by atoms with Crippen molar-refractivity contribution in [1.29, 1.82) is 0 Å². The summed E-state index contributed by atoms with van der Waals surface area (Å²) >= 11 is 0. The molecule has 0 unspecified atom stereocenters. The highest BCUT2D eigenvalue weighted by molar-refractivity contribution is 5.76. The third kappa shape index (κ3) is 4.34. The number of hydrogen-bond acceptors (Lipinski definition) is 2. The first kappa shape index (κ1) is 12.6. The van der Waals surface area contributed by atoms with E-state index in [2.05, 4.69) is 12.2 Å². The predicted molar refractivity (Wildman–Crippen MR) is 66.8 cm³/mol. The molecule has 0 aliphatic rings. The van der Waals surface area contributed by atoms with Gasteiger partial charge in [0, 0.05) is 18.7 Å². The van der Waals surface area contributed by atoms with Crippen molar-refractivity contribution < 1.29 is 4.79 Å². The maximum absolute atomic E-state index is 11.5. The van der Waals surface area contributed by atoms with Gasteiger partial charge < -0.3 is 11.1 Å². The van der Waals surface area contributed by atoms with Gasteiger partial charge in [0.15, 0.2) is 0 Å². The third-order valence-corrected chi connectivity index (χ3v) is 2.54. The monoisotopic (exact) mass is 220 g/mol. The lowest BCUT2D eigenvalue weighted by Gasteiger charge is -2.07. The van der Waals surface area contributed by atoms with Crippen molar-refractivity contribution in [3.63, 3.8) is 0 Å². The van der Waals surface area contributed by atoms with Gasteiger partial charge in [-0.3, -0.25) is 4.79 Å². The largest absolute Gasteiger partial charge is 0.398 e. The summed E-state index contributed by atoms with van der Waals surface area (Å²) in [6.07, 6.45) is 3.83. The van der Waals surface area contributed by atoms with Crippen LogP contribution in [0.25, 0.3) is 0 Å². The molecule has 1 aromatic rings. The molecule has 1 rings (SSSR count). The van der Waals surface area contributed by atoms with Gasteiger partial charge in [-0.05, 0) is 18.1 Å². The van der Waals surface area contributed by atoms with Gasteiger partial charge in [-0.15, -0.1) is 0 Å². The van der Waals surface area contributed by atoms with Crippen LogP contribution in [0.15, 0.2) is 24.3 Å². The molecule has 0 heterocycles. The van der Waals surface area contributed by atoms with Gasteiger partial charge in [-0.25, -0.2) is 0 Å². The Balaban J connectivity index is 2.29. The summed E-state index contributed by atoms with van der Waals surface area (Å²) in [6, 6.07) is 7.59. The van der Waals surface area contributed by atoms with Crippen LogP contribution in [0.5, 0.6) is 0 Å². The number of anilines is 1. The number of hydrogen-bond donors (Lipinski definition) is 2. The van der Waals surface area contributed by atoms with E-state index in [1.807, 2.05) is 24.3 Å². The average molecular weight is 220 g/mol. The fourth-order valence-corrected chi connectivity index (χ4v) is 1.51. The predicted octanol–water partition coefficient (Wildman–Crippen LogP) is 2.47. The van der Waals surface area contributed by atoms with E-state index in [1.165, 1.54) is 0 Å². The zero-order chi connectivity index (χ0) is 11.8. The molecular formula is C13H20N2O. The van der Waals surface area contributed by atoms with E-state index in [0.717, 1.165) is 30.5 Å². The summed E-state index contributed by atoms with van der Waals surface area (Å²) in [7, 11) is 0. The summed E-state index contributed by atoms with van der Waals surface area (Å²) in [5.41, 5.74) is 7.49. The van der Waals surface area contributed by atoms with Crippen LogP contribution in [0.3, 0.4) is 0 Å². The molecule has 0 saturated heterocycles. The van der Waals surface area contributed by atoms with Gasteiger partial charge >= 0.3 is 0 Å². The average Bonchev–Trinajstić information content (AvgIpc) is 2.28. The summed E-state index contributed by atoms with van der Waals surface area (Å²) in [5, 5.41) is 2.88. The standard InChI is InChI=1S/C13H20N2O/c1-2-3-4-9-13(16)15-10-11-7-5-6-8-12(11)14/h5-8H,2-4,9-10,14H2,1H3,(H,15,16). The molecule has 0 spiro atoms. The minimum absolute atomic E-state index is 0.108. The lowest BCUT2D eigenvalue weighted by molar-refractivity contribution is -0.121. The van der Waals surface area contributed by atoms with Gasteiger partial charge in [0.2, 0.25) is 5.91 Å². The first-order chi connectivity index (χ1) is 7.74. The molecule has 0 radical (unpaired) electrons. The number of benzene rings is 1. The number of unbranched alkanes of at least 4 members (excludes halogenated alkanes) is 2. The van der Waals surface area contributed by atoms with Crippen molar-refractivity contribution in [2.45, 2.75) is 39.2 Å². The molecule has 3 heteroatoms. The Morgan fingerprint density at radius 3 is 2.75 bits per heavy atom. The smallest absolute Gasteiger partial charge is 0.220 e. The van der Waals surface area contributed by atoms with E-state index in [4.69, 9.17) is 5.73 Å². The maximum Gasteiger partial charge on any atom is 0.220 e. The Kier molecular flexibility index (Phi) is 5.40. The van der Waals surface area contributed by atoms with Crippen LogP contribution in [-0.4, -0.2) is 5.91 Å². The molecular weight excluding hydrogens is 200 g/mol. The first-order valence-electron chi connectivity index (χ1n) is 5.84. The fourth-order valence-electron chi connectivity index (χ4n) is 1.51. The Morgan fingerprint density at radius 1 is 1.31 bits per heavy atom. The van der Waals surface area contributed by atoms with Gasteiger partial charge in [-0.2, -0.15) is 0 Å². The van der Waals surface area contributed by atoms with Crippen molar-refractivity contribution in [1.82, 2.24) is 5.32 Å². The molecule has 0 atom stereocenters. The lowest BCUT2D eigenvalue weighted by atomic mass is 10.1. The van der Waals surface area contributed by atoms with E-state index in [-0.39, 0.29) is 5.91 Å². The Labute approximate surface area is 97.0 Å². The molecule has 0 fully saturated rings. The highest BCUT2D eigenvalue weighted by atomic mass is 16.1. The lowest BCUT2D eigenvalue weighted by Crippen LogP contribution is -2.22. The van der Waals surface area contributed by atoms with E-state index in [1.54, 1.807) is 0 Å². The summed E-state index contributed by atoms with van der Waals surface area (Å²) in [5.74, 6) is 0.108. The van der Waals surface area contributed by atoms with Crippen LogP contribution in [0.2, 0.25) is 0 Å². The molecule has 0 bridgehead atoms. The summed E-state index contributed by atoms with van der Waals surface area (Å²) in [6.45, 7) is 2.65. The zero-order valence-corrected chi connectivity index (χ0v) is 9.83. The van der Waals surface area contributed by atoms with Crippen molar-refractivity contribution >= 4 is 11.6 Å². The molecule has 88 valence electrons. The Hall–Kier alpha value is -1.51. The Morgan fingerprint density at radius 2 is 2.06 bits per heavy atom. The number of nitrogens with two attached hydrogens (primary N) is 1. The van der Waals surface area contributed by atoms with E-state index in [9.17, 15) is 4.79 Å². The van der Waals surface area contributed by atoms with Crippen molar-refractivity contribution in [2.75, 3.05) is 5.73 Å². The minimum Gasteiger partial charge on any atom is -0.398 e. The second kappa shape index (κ2) is 6.88. The van der Waals surface area contributed by atoms with Crippen LogP contribution < -0.4 is 11.1 Å². The van der Waals surface area contributed by atoms with Crippen molar-refractivity contribution in [3.05, 3.63) is 29.8 Å². The quantitative estimate of drug-likeness (QED) is 0.571. The molecule has 0 aromatic heterocycles. The number of rotatable bonds is 6. The molecule has 0 aliphatic carbocycles. The number of carbonyl (C=O) groups is 1. The number of para-hydroxylation sites is 1. The second-order valence-electron chi connectivity index (χ2n) is 3.93. The number of nitrogen functional groups attached to an aromatic ring is 1. The van der Waals surface area contributed by atoms with Gasteiger partial charge in [0.05, 0.1) is 0 Å². The molecule has 1 amide bonds. The van der Waals surface area contributed by atoms with Crippen LogP contribution in [0, 0.1) is 0 Å². The van der Waals surface area contributed by atoms with Gasteiger partial charge in [0.1, 0.15) is 0 Å². The fraction of sp³-hybridized carbons (Fsp3) is 0.462. The topological polar surface area (TPSA) is 55.1 Å². The van der Waals surface area contributed by atoms with Gasteiger partial charge in [0.25, 0.3) is 0 Å². The molecule has 0 aliphatic heterocycles. The summed E-state index contributed by atoms with van der Waals surface area (Å²) in [4.78, 5) is 11.5. The molecule has 1 aromatic carbocycles. The minimum atomic E-state index is 0.108. The molecule has 16 heavy (non-hydrogen) atoms. The van der Waals surface area contributed by atoms with E-state index in [0.29, 0.717) is 13.0 Å². The van der Waals surface area contributed by atoms with Crippen molar-refractivity contribution in [2.24, 2.45) is 0 Å². The SMILES string of the molecule is CCCCCC(=O)NCc1ccccc1N. The first-order valence-corrected chi connectivity index (χ1v) is 5.84. The normalized spacial score (nSPS) is 10.1. The number of nitrogens with one attached hydrogen (secondary N) is 1. The van der Waals surface area contributed by atoms with Crippen LogP contribution in [0.4, 0.5) is 5.69 Å². The Bertz CT molecular complexity index is 336. The van der Waals surface area contributed by atoms with Crippen LogP contribution in [0.1, 0.15) is 38.2 Å². The number of carbonyl (C=O) groups excluding carboxylic acids is 1. The van der Waals surface area contributed by atoms with E-state index >= 15 is 0 Å². The summed E-state index contributed by atoms with van der Waals surface area (Å²) < 4.78 is 0. The molecule has 3 nitrogen and oxygen atoms in total.